The molecule has 220 valence electrons. The first kappa shape index (κ1) is 29.7. The van der Waals surface area contributed by atoms with Crippen LogP contribution in [0.25, 0.3) is 46.1 Å². The molecular formula is C40H39N3S. The van der Waals surface area contributed by atoms with Gasteiger partial charge in [-0.15, -0.1) is 0 Å². The Bertz CT molecular complexity index is 1770. The summed E-state index contributed by atoms with van der Waals surface area (Å²) < 4.78 is 2.49. The van der Waals surface area contributed by atoms with E-state index in [-0.39, 0.29) is 0 Å². The van der Waals surface area contributed by atoms with Crippen LogP contribution in [-0.2, 0) is 6.54 Å². The lowest BCUT2D eigenvalue weighted by molar-refractivity contribution is 0.604. The largest absolute Gasteiger partial charge is 0.340 e. The fourth-order valence-electron chi connectivity index (χ4n) is 5.55. The van der Waals surface area contributed by atoms with Crippen molar-refractivity contribution in [2.24, 2.45) is 0 Å². The summed E-state index contributed by atoms with van der Waals surface area (Å²) in [6, 6.07) is 36.7. The Morgan fingerprint density at radius 1 is 0.568 bits per heavy atom. The summed E-state index contributed by atoms with van der Waals surface area (Å²) in [4.78, 5) is 9.77. The lowest BCUT2D eigenvalue weighted by atomic mass is 10.1. The summed E-state index contributed by atoms with van der Waals surface area (Å²) >= 11 is 1.76. The second kappa shape index (κ2) is 14.4. The predicted molar refractivity (Wildman–Crippen MR) is 191 cm³/mol. The van der Waals surface area contributed by atoms with Crippen LogP contribution >= 0.6 is 11.8 Å². The molecule has 6 rings (SSSR count). The van der Waals surface area contributed by atoms with E-state index in [1.165, 1.54) is 63.3 Å². The number of para-hydroxylation sites is 2. The standard InChI is InChI=1S/C40H39N3S/c1-30-15-19-32(20-16-30)23-25-34-29-35(26-24-33-21-17-31(2)18-22-33)42-40(41-34)44-28-10-4-3-9-27-43-38-13-7-5-11-36(38)37-12-6-8-14-39(37)43/h5-8,11-26,29H,3-4,9-10,27-28H2,1-2H3. The average Bonchev–Trinajstić information content (AvgIpc) is 3.37. The Labute approximate surface area is 265 Å². The molecule has 0 bridgehead atoms. The second-order valence-electron chi connectivity index (χ2n) is 11.4. The van der Waals surface area contributed by atoms with Gasteiger partial charge >= 0.3 is 0 Å². The highest BCUT2D eigenvalue weighted by molar-refractivity contribution is 7.99. The molecule has 0 aliphatic rings. The zero-order chi connectivity index (χ0) is 30.1. The number of aryl methyl sites for hydroxylation is 3. The van der Waals surface area contributed by atoms with E-state index < -0.39 is 0 Å². The predicted octanol–water partition coefficient (Wildman–Crippen LogP) is 10.9. The number of rotatable bonds is 12. The van der Waals surface area contributed by atoms with Gasteiger partial charge in [0.15, 0.2) is 5.16 Å². The Hall–Kier alpha value is -4.41. The summed E-state index contributed by atoms with van der Waals surface area (Å²) in [5.41, 5.74) is 9.39. The van der Waals surface area contributed by atoms with E-state index in [1.54, 1.807) is 11.8 Å². The van der Waals surface area contributed by atoms with E-state index in [0.29, 0.717) is 0 Å². The van der Waals surface area contributed by atoms with Gasteiger partial charge in [-0.1, -0.05) is 133 Å². The van der Waals surface area contributed by atoms with E-state index in [1.807, 2.05) is 0 Å². The minimum Gasteiger partial charge on any atom is -0.340 e. The van der Waals surface area contributed by atoms with Crippen LogP contribution in [0.4, 0.5) is 0 Å². The van der Waals surface area contributed by atoms with Crippen molar-refractivity contribution in [3.8, 4) is 0 Å². The molecule has 0 saturated carbocycles. The number of thioether (sulfide) groups is 1. The maximum Gasteiger partial charge on any atom is 0.188 e. The Kier molecular flexibility index (Phi) is 9.69. The van der Waals surface area contributed by atoms with Crippen molar-refractivity contribution < 1.29 is 0 Å². The first-order valence-electron chi connectivity index (χ1n) is 15.6. The maximum atomic E-state index is 4.89. The highest BCUT2D eigenvalue weighted by atomic mass is 32.2. The van der Waals surface area contributed by atoms with Crippen molar-refractivity contribution in [3.63, 3.8) is 0 Å². The first-order valence-corrected chi connectivity index (χ1v) is 16.6. The normalized spacial score (nSPS) is 11.9. The van der Waals surface area contributed by atoms with Crippen LogP contribution in [0.5, 0.6) is 0 Å². The van der Waals surface area contributed by atoms with Crippen LogP contribution in [0.1, 0.15) is 59.3 Å². The number of nitrogens with zero attached hydrogens (tertiary/aromatic N) is 3. The zero-order valence-corrected chi connectivity index (χ0v) is 26.4. The number of hydrogen-bond donors (Lipinski definition) is 0. The monoisotopic (exact) mass is 593 g/mol. The molecule has 3 nitrogen and oxygen atoms in total. The number of hydrogen-bond acceptors (Lipinski definition) is 3. The van der Waals surface area contributed by atoms with Gasteiger partial charge in [0.2, 0.25) is 0 Å². The fourth-order valence-corrected chi connectivity index (χ4v) is 6.42. The average molecular weight is 594 g/mol. The lowest BCUT2D eigenvalue weighted by Gasteiger charge is -2.08. The highest BCUT2D eigenvalue weighted by Gasteiger charge is 2.09. The van der Waals surface area contributed by atoms with Crippen molar-refractivity contribution in [2.45, 2.75) is 51.2 Å². The van der Waals surface area contributed by atoms with Gasteiger partial charge in [0.25, 0.3) is 0 Å². The van der Waals surface area contributed by atoms with Crippen LogP contribution in [0.15, 0.2) is 108 Å². The Morgan fingerprint density at radius 2 is 1.07 bits per heavy atom. The third-order valence-electron chi connectivity index (χ3n) is 7.98. The summed E-state index contributed by atoms with van der Waals surface area (Å²) in [5, 5.41) is 3.54. The summed E-state index contributed by atoms with van der Waals surface area (Å²) in [7, 11) is 0. The van der Waals surface area contributed by atoms with E-state index in [9.17, 15) is 0 Å². The number of fused-ring (bicyclic) bond motifs is 3. The van der Waals surface area contributed by atoms with Crippen molar-refractivity contribution in [1.29, 1.82) is 0 Å². The first-order chi connectivity index (χ1) is 21.6. The lowest BCUT2D eigenvalue weighted by Crippen LogP contribution is -1.98. The van der Waals surface area contributed by atoms with Crippen molar-refractivity contribution >= 4 is 57.9 Å². The quantitative estimate of drug-likeness (QED) is 0.0803. The summed E-state index contributed by atoms with van der Waals surface area (Å²) in [6.45, 7) is 5.27. The van der Waals surface area contributed by atoms with Gasteiger partial charge in [-0.2, -0.15) is 0 Å². The molecule has 0 amide bonds. The molecule has 0 spiro atoms. The van der Waals surface area contributed by atoms with E-state index >= 15 is 0 Å². The number of aromatic nitrogens is 3. The van der Waals surface area contributed by atoms with Crippen molar-refractivity contribution in [3.05, 3.63) is 137 Å². The Morgan fingerprint density at radius 3 is 1.61 bits per heavy atom. The van der Waals surface area contributed by atoms with E-state index in [4.69, 9.17) is 9.97 Å². The molecule has 2 aromatic heterocycles. The van der Waals surface area contributed by atoms with Gasteiger partial charge in [0, 0.05) is 34.1 Å². The van der Waals surface area contributed by atoms with Crippen LogP contribution < -0.4 is 0 Å². The van der Waals surface area contributed by atoms with Crippen molar-refractivity contribution in [1.82, 2.24) is 14.5 Å². The van der Waals surface area contributed by atoms with Gasteiger partial charge in [0.1, 0.15) is 0 Å². The zero-order valence-electron chi connectivity index (χ0n) is 25.6. The molecule has 0 unspecified atom stereocenters. The molecule has 44 heavy (non-hydrogen) atoms. The smallest absolute Gasteiger partial charge is 0.188 e. The maximum absolute atomic E-state index is 4.89. The number of unbranched alkanes of at least 4 members (excludes halogenated alkanes) is 3. The molecule has 6 aromatic rings. The van der Waals surface area contributed by atoms with E-state index in [0.717, 1.165) is 35.3 Å². The van der Waals surface area contributed by atoms with Crippen LogP contribution in [0.2, 0.25) is 0 Å². The molecule has 4 heteroatoms. The third kappa shape index (κ3) is 7.56. The summed E-state index contributed by atoms with van der Waals surface area (Å²) in [6.07, 6.45) is 13.2. The molecular weight excluding hydrogens is 555 g/mol. The van der Waals surface area contributed by atoms with Gasteiger partial charge in [-0.3, -0.25) is 0 Å². The SMILES string of the molecule is Cc1ccc(C=Cc2cc(C=Cc3ccc(C)cc3)nc(SCCCCCCn3c4ccccc4c4ccccc43)n2)cc1. The molecule has 0 radical (unpaired) electrons. The molecule has 0 saturated heterocycles. The molecule has 4 aromatic carbocycles. The highest BCUT2D eigenvalue weighted by Crippen LogP contribution is 2.29. The topological polar surface area (TPSA) is 30.7 Å². The minimum absolute atomic E-state index is 0.838. The molecule has 0 aliphatic carbocycles. The summed E-state index contributed by atoms with van der Waals surface area (Å²) in [5.74, 6) is 1.02. The van der Waals surface area contributed by atoms with Crippen LogP contribution in [0.3, 0.4) is 0 Å². The minimum atomic E-state index is 0.838. The van der Waals surface area contributed by atoms with Crippen LogP contribution in [-0.4, -0.2) is 20.3 Å². The second-order valence-corrected chi connectivity index (χ2v) is 12.5. The van der Waals surface area contributed by atoms with E-state index in [2.05, 4.69) is 146 Å². The van der Waals surface area contributed by atoms with Gasteiger partial charge in [-0.25, -0.2) is 9.97 Å². The molecule has 0 N–H and O–H groups in total. The van der Waals surface area contributed by atoms with Gasteiger partial charge in [0.05, 0.1) is 11.4 Å². The molecule has 0 atom stereocenters. The van der Waals surface area contributed by atoms with Crippen LogP contribution in [0, 0.1) is 13.8 Å². The van der Waals surface area contributed by atoms with Gasteiger partial charge < -0.3 is 4.57 Å². The molecule has 0 fully saturated rings. The molecule has 2 heterocycles. The van der Waals surface area contributed by atoms with Crippen molar-refractivity contribution in [2.75, 3.05) is 5.75 Å². The fraction of sp³-hybridized carbons (Fsp3) is 0.200. The van der Waals surface area contributed by atoms with Gasteiger partial charge in [-0.05, 0) is 68.2 Å². The third-order valence-corrected chi connectivity index (χ3v) is 8.91. The number of benzene rings is 4. The Balaban J connectivity index is 1.07. The molecule has 0 aliphatic heterocycles.